The van der Waals surface area contributed by atoms with E-state index in [9.17, 15) is 0 Å². The Morgan fingerprint density at radius 1 is 1.13 bits per heavy atom. The lowest BCUT2D eigenvalue weighted by atomic mass is 9.92. The predicted octanol–water partition coefficient (Wildman–Crippen LogP) is 3.44. The Morgan fingerprint density at radius 2 is 1.93 bits per heavy atom. The molecule has 15 heavy (non-hydrogen) atoms. The van der Waals surface area contributed by atoms with Crippen molar-refractivity contribution in [2.75, 3.05) is 6.26 Å². The second kappa shape index (κ2) is 4.67. The summed E-state index contributed by atoms with van der Waals surface area (Å²) in [4.78, 5) is 0. The van der Waals surface area contributed by atoms with Crippen molar-refractivity contribution >= 4 is 11.8 Å². The Labute approximate surface area is 98.8 Å². The molecule has 2 rings (SSSR count). The Kier molecular flexibility index (Phi) is 3.67. The summed E-state index contributed by atoms with van der Waals surface area (Å²) < 4.78 is 0. The Morgan fingerprint density at radius 3 is 2.47 bits per heavy atom. The van der Waals surface area contributed by atoms with Gasteiger partial charge in [0.1, 0.15) is 0 Å². The van der Waals surface area contributed by atoms with Gasteiger partial charge in [-0.15, -0.1) is 0 Å². The fraction of sp³-hybridized carbons (Fsp3) is 1.00. The maximum Gasteiger partial charge on any atom is 0.00805 e. The van der Waals surface area contributed by atoms with E-state index >= 15 is 0 Å². The molecule has 88 valence electrons. The molecule has 2 fully saturated rings. The van der Waals surface area contributed by atoms with Gasteiger partial charge in [0.05, 0.1) is 0 Å². The van der Waals surface area contributed by atoms with E-state index in [0.29, 0.717) is 5.41 Å². The smallest absolute Gasteiger partial charge is 0.00805 e. The van der Waals surface area contributed by atoms with Crippen LogP contribution >= 0.6 is 11.8 Å². The first-order valence-corrected chi connectivity index (χ1v) is 7.67. The van der Waals surface area contributed by atoms with Gasteiger partial charge in [-0.3, -0.25) is 0 Å². The quantitative estimate of drug-likeness (QED) is 0.792. The van der Waals surface area contributed by atoms with Gasteiger partial charge in [0, 0.05) is 17.3 Å². The minimum Gasteiger partial charge on any atom is -0.311 e. The summed E-state index contributed by atoms with van der Waals surface area (Å²) in [6.45, 7) is 4.82. The van der Waals surface area contributed by atoms with Crippen molar-refractivity contribution in [2.45, 2.75) is 69.7 Å². The number of nitrogens with one attached hydrogen (secondary N) is 1. The first kappa shape index (κ1) is 11.8. The molecule has 3 unspecified atom stereocenters. The van der Waals surface area contributed by atoms with Gasteiger partial charge < -0.3 is 5.32 Å². The second-order valence-electron chi connectivity index (χ2n) is 6.14. The van der Waals surface area contributed by atoms with Crippen LogP contribution in [0.3, 0.4) is 0 Å². The summed E-state index contributed by atoms with van der Waals surface area (Å²) in [5.41, 5.74) is 0.592. The van der Waals surface area contributed by atoms with Gasteiger partial charge in [0.15, 0.2) is 0 Å². The molecule has 0 heterocycles. The largest absolute Gasteiger partial charge is 0.311 e. The molecule has 1 nitrogen and oxygen atoms in total. The van der Waals surface area contributed by atoms with Gasteiger partial charge in [-0.05, 0) is 50.2 Å². The van der Waals surface area contributed by atoms with E-state index in [1.807, 2.05) is 0 Å². The standard InChI is InChI=1S/C13H25NS/c1-13(2)7-6-11(9-13)14-10-4-5-12(8-10)15-3/h10-12,14H,4-9H2,1-3H3. The molecule has 0 bridgehead atoms. The Balaban J connectivity index is 1.74. The van der Waals surface area contributed by atoms with Crippen molar-refractivity contribution in [1.29, 1.82) is 0 Å². The fourth-order valence-corrected chi connectivity index (χ4v) is 4.01. The summed E-state index contributed by atoms with van der Waals surface area (Å²) >= 11 is 2.05. The van der Waals surface area contributed by atoms with Crippen LogP contribution in [-0.4, -0.2) is 23.6 Å². The second-order valence-corrected chi connectivity index (χ2v) is 7.28. The normalized spacial score (nSPS) is 39.8. The fourth-order valence-electron chi connectivity index (χ4n) is 3.22. The van der Waals surface area contributed by atoms with Gasteiger partial charge in [-0.2, -0.15) is 11.8 Å². The van der Waals surface area contributed by atoms with Crippen molar-refractivity contribution in [3.05, 3.63) is 0 Å². The molecule has 0 aromatic rings. The lowest BCUT2D eigenvalue weighted by molar-refractivity contribution is 0.352. The van der Waals surface area contributed by atoms with Crippen molar-refractivity contribution in [3.8, 4) is 0 Å². The highest BCUT2D eigenvalue weighted by atomic mass is 32.2. The molecule has 1 N–H and O–H groups in total. The summed E-state index contributed by atoms with van der Waals surface area (Å²) in [6.07, 6.45) is 10.7. The molecule has 0 radical (unpaired) electrons. The maximum absolute atomic E-state index is 3.88. The molecular weight excluding hydrogens is 202 g/mol. The van der Waals surface area contributed by atoms with Gasteiger partial charge in [-0.1, -0.05) is 13.8 Å². The number of thioether (sulfide) groups is 1. The third kappa shape index (κ3) is 3.13. The van der Waals surface area contributed by atoms with Crippen LogP contribution in [0.4, 0.5) is 0 Å². The zero-order chi connectivity index (χ0) is 10.9. The lowest BCUT2D eigenvalue weighted by Gasteiger charge is -2.21. The Hall–Kier alpha value is 0.310. The average Bonchev–Trinajstić information content (AvgIpc) is 2.73. The first-order chi connectivity index (χ1) is 7.09. The van der Waals surface area contributed by atoms with E-state index in [0.717, 1.165) is 17.3 Å². The summed E-state index contributed by atoms with van der Waals surface area (Å²) in [6, 6.07) is 1.63. The van der Waals surface area contributed by atoms with Crippen molar-refractivity contribution in [3.63, 3.8) is 0 Å². The molecule has 0 aromatic carbocycles. The van der Waals surface area contributed by atoms with Crippen molar-refractivity contribution < 1.29 is 0 Å². The molecule has 0 spiro atoms. The molecule has 0 saturated heterocycles. The van der Waals surface area contributed by atoms with Crippen LogP contribution in [0.2, 0.25) is 0 Å². The monoisotopic (exact) mass is 227 g/mol. The van der Waals surface area contributed by atoms with Gasteiger partial charge in [0.2, 0.25) is 0 Å². The highest BCUT2D eigenvalue weighted by Gasteiger charge is 2.33. The molecule has 0 aliphatic heterocycles. The number of rotatable bonds is 3. The van der Waals surface area contributed by atoms with Gasteiger partial charge in [0.25, 0.3) is 0 Å². The molecule has 2 aliphatic carbocycles. The molecular formula is C13H25NS. The SMILES string of the molecule is CSC1CCC(NC2CCC(C)(C)C2)C1. The average molecular weight is 227 g/mol. The van der Waals surface area contributed by atoms with Crippen LogP contribution in [0.15, 0.2) is 0 Å². The summed E-state index contributed by atoms with van der Waals surface area (Å²) in [7, 11) is 0. The topological polar surface area (TPSA) is 12.0 Å². The predicted molar refractivity (Wildman–Crippen MR) is 69.5 cm³/mol. The highest BCUT2D eigenvalue weighted by molar-refractivity contribution is 7.99. The van der Waals surface area contributed by atoms with Gasteiger partial charge >= 0.3 is 0 Å². The van der Waals surface area contributed by atoms with E-state index < -0.39 is 0 Å². The molecule has 0 aromatic heterocycles. The van der Waals surface area contributed by atoms with Crippen LogP contribution in [0.5, 0.6) is 0 Å². The van der Waals surface area contributed by atoms with E-state index in [1.165, 1.54) is 38.5 Å². The van der Waals surface area contributed by atoms with E-state index in [1.54, 1.807) is 0 Å². The van der Waals surface area contributed by atoms with Crippen LogP contribution in [0.1, 0.15) is 52.4 Å². The zero-order valence-electron chi connectivity index (χ0n) is 10.4. The van der Waals surface area contributed by atoms with Gasteiger partial charge in [-0.25, -0.2) is 0 Å². The van der Waals surface area contributed by atoms with Crippen LogP contribution in [-0.2, 0) is 0 Å². The van der Waals surface area contributed by atoms with E-state index in [2.05, 4.69) is 37.2 Å². The van der Waals surface area contributed by atoms with Crippen LogP contribution < -0.4 is 5.32 Å². The summed E-state index contributed by atoms with van der Waals surface area (Å²) in [5, 5.41) is 4.81. The number of hydrogen-bond donors (Lipinski definition) is 1. The molecule has 2 heteroatoms. The van der Waals surface area contributed by atoms with Crippen LogP contribution in [0.25, 0.3) is 0 Å². The first-order valence-electron chi connectivity index (χ1n) is 6.38. The third-order valence-corrected chi connectivity index (χ3v) is 5.25. The summed E-state index contributed by atoms with van der Waals surface area (Å²) in [5.74, 6) is 0. The Bertz CT molecular complexity index is 215. The maximum atomic E-state index is 3.88. The molecule has 3 atom stereocenters. The van der Waals surface area contributed by atoms with Crippen molar-refractivity contribution in [1.82, 2.24) is 5.32 Å². The molecule has 2 saturated carbocycles. The van der Waals surface area contributed by atoms with E-state index in [-0.39, 0.29) is 0 Å². The molecule has 0 amide bonds. The van der Waals surface area contributed by atoms with Crippen LogP contribution in [0, 0.1) is 5.41 Å². The lowest BCUT2D eigenvalue weighted by Crippen LogP contribution is -2.35. The number of hydrogen-bond acceptors (Lipinski definition) is 2. The van der Waals surface area contributed by atoms with E-state index in [4.69, 9.17) is 0 Å². The van der Waals surface area contributed by atoms with Crippen molar-refractivity contribution in [2.24, 2.45) is 5.41 Å². The minimum absolute atomic E-state index is 0.592. The third-order valence-electron chi connectivity index (χ3n) is 4.16. The zero-order valence-corrected chi connectivity index (χ0v) is 11.2. The minimum atomic E-state index is 0.592. The highest BCUT2D eigenvalue weighted by Crippen LogP contribution is 2.38. The molecule has 2 aliphatic rings.